The third-order valence-electron chi connectivity index (χ3n) is 3.42. The summed E-state index contributed by atoms with van der Waals surface area (Å²) in [6, 6.07) is 7.55. The smallest absolute Gasteiger partial charge is 0.0294 e. The third-order valence-corrected chi connectivity index (χ3v) is 3.42. The number of aryl methyl sites for hydroxylation is 1. The van der Waals surface area contributed by atoms with Gasteiger partial charge >= 0.3 is 0 Å². The zero-order valence-electron chi connectivity index (χ0n) is 10.0. The van der Waals surface area contributed by atoms with Crippen molar-refractivity contribution in [1.29, 1.82) is 0 Å². The summed E-state index contributed by atoms with van der Waals surface area (Å²) in [5.74, 6) is 0.659. The summed E-state index contributed by atoms with van der Waals surface area (Å²) in [6.07, 6.45) is 2.44. The highest BCUT2D eigenvalue weighted by Crippen LogP contribution is 2.30. The van der Waals surface area contributed by atoms with Gasteiger partial charge in [-0.15, -0.1) is 0 Å². The lowest BCUT2D eigenvalue weighted by atomic mass is 9.86. The van der Waals surface area contributed by atoms with E-state index in [-0.39, 0.29) is 0 Å². The SMILES string of the molecule is CCCc1ccc2c(c1)C(C)NCC2C. The zero-order chi connectivity index (χ0) is 10.8. The summed E-state index contributed by atoms with van der Waals surface area (Å²) < 4.78 is 0. The van der Waals surface area contributed by atoms with Gasteiger partial charge in [-0.25, -0.2) is 0 Å². The summed E-state index contributed by atoms with van der Waals surface area (Å²) in [5.41, 5.74) is 4.54. The quantitative estimate of drug-likeness (QED) is 0.776. The van der Waals surface area contributed by atoms with Gasteiger partial charge in [0.1, 0.15) is 0 Å². The zero-order valence-corrected chi connectivity index (χ0v) is 10.0. The minimum Gasteiger partial charge on any atom is -0.310 e. The first-order chi connectivity index (χ1) is 7.22. The number of benzene rings is 1. The second kappa shape index (κ2) is 4.36. The molecule has 82 valence electrons. The molecular formula is C14H21N. The van der Waals surface area contributed by atoms with Gasteiger partial charge in [0.2, 0.25) is 0 Å². The van der Waals surface area contributed by atoms with Crippen LogP contribution in [0, 0.1) is 0 Å². The molecule has 1 heteroatoms. The molecular weight excluding hydrogens is 182 g/mol. The number of hydrogen-bond donors (Lipinski definition) is 1. The Morgan fingerprint density at radius 3 is 2.80 bits per heavy atom. The Hall–Kier alpha value is -0.820. The summed E-state index contributed by atoms with van der Waals surface area (Å²) in [4.78, 5) is 0. The number of rotatable bonds is 2. The van der Waals surface area contributed by atoms with Crippen molar-refractivity contribution in [2.45, 2.75) is 45.6 Å². The van der Waals surface area contributed by atoms with Crippen LogP contribution in [0.4, 0.5) is 0 Å². The third kappa shape index (κ3) is 2.07. The fourth-order valence-electron chi connectivity index (χ4n) is 2.47. The van der Waals surface area contributed by atoms with E-state index < -0.39 is 0 Å². The Morgan fingerprint density at radius 2 is 2.07 bits per heavy atom. The highest BCUT2D eigenvalue weighted by molar-refractivity contribution is 5.38. The van der Waals surface area contributed by atoms with Gasteiger partial charge in [0.15, 0.2) is 0 Å². The molecule has 0 aliphatic carbocycles. The molecule has 1 aromatic rings. The molecule has 2 atom stereocenters. The number of hydrogen-bond acceptors (Lipinski definition) is 1. The topological polar surface area (TPSA) is 12.0 Å². The Kier molecular flexibility index (Phi) is 3.11. The molecule has 0 fully saturated rings. The molecule has 0 bridgehead atoms. The second-order valence-corrected chi connectivity index (χ2v) is 4.74. The first-order valence-electron chi connectivity index (χ1n) is 6.08. The predicted octanol–water partition coefficient (Wildman–Crippen LogP) is 3.41. The number of nitrogens with one attached hydrogen (secondary N) is 1. The Labute approximate surface area is 92.9 Å². The molecule has 1 N–H and O–H groups in total. The molecule has 2 rings (SSSR count). The van der Waals surface area contributed by atoms with E-state index >= 15 is 0 Å². The largest absolute Gasteiger partial charge is 0.310 e. The molecule has 1 aliphatic rings. The highest BCUT2D eigenvalue weighted by atomic mass is 14.9. The first kappa shape index (κ1) is 10.7. The van der Waals surface area contributed by atoms with E-state index in [1.54, 1.807) is 5.56 Å². The van der Waals surface area contributed by atoms with Gasteiger partial charge in [-0.1, -0.05) is 38.5 Å². The first-order valence-corrected chi connectivity index (χ1v) is 6.08. The monoisotopic (exact) mass is 203 g/mol. The van der Waals surface area contributed by atoms with Crippen LogP contribution in [-0.2, 0) is 6.42 Å². The molecule has 1 aromatic carbocycles. The molecule has 0 saturated carbocycles. The molecule has 15 heavy (non-hydrogen) atoms. The normalized spacial score (nSPS) is 25.0. The van der Waals surface area contributed by atoms with Crippen LogP contribution < -0.4 is 5.32 Å². The van der Waals surface area contributed by atoms with Crippen LogP contribution in [0.1, 0.15) is 55.8 Å². The average Bonchev–Trinajstić information content (AvgIpc) is 2.24. The molecule has 0 radical (unpaired) electrons. The van der Waals surface area contributed by atoms with Crippen molar-refractivity contribution in [3.63, 3.8) is 0 Å². The summed E-state index contributed by atoms with van der Waals surface area (Å²) >= 11 is 0. The van der Waals surface area contributed by atoms with Crippen LogP contribution in [0.5, 0.6) is 0 Å². The van der Waals surface area contributed by atoms with E-state index in [0.717, 1.165) is 6.54 Å². The fourth-order valence-corrected chi connectivity index (χ4v) is 2.47. The van der Waals surface area contributed by atoms with E-state index in [4.69, 9.17) is 0 Å². The average molecular weight is 203 g/mol. The van der Waals surface area contributed by atoms with Gasteiger partial charge in [-0.3, -0.25) is 0 Å². The molecule has 1 heterocycles. The van der Waals surface area contributed by atoms with Crippen molar-refractivity contribution in [3.05, 3.63) is 34.9 Å². The van der Waals surface area contributed by atoms with Crippen LogP contribution >= 0.6 is 0 Å². The minimum atomic E-state index is 0.521. The van der Waals surface area contributed by atoms with Crippen molar-refractivity contribution >= 4 is 0 Å². The molecule has 0 aromatic heterocycles. The molecule has 2 unspecified atom stereocenters. The van der Waals surface area contributed by atoms with Gasteiger partial charge < -0.3 is 5.32 Å². The van der Waals surface area contributed by atoms with Gasteiger partial charge in [-0.2, -0.15) is 0 Å². The van der Waals surface area contributed by atoms with Crippen LogP contribution in [-0.4, -0.2) is 6.54 Å². The Balaban J connectivity index is 2.36. The lowest BCUT2D eigenvalue weighted by Gasteiger charge is -2.29. The van der Waals surface area contributed by atoms with Crippen LogP contribution in [0.2, 0.25) is 0 Å². The fraction of sp³-hybridized carbons (Fsp3) is 0.571. The van der Waals surface area contributed by atoms with Gasteiger partial charge in [0.05, 0.1) is 0 Å². The lowest BCUT2D eigenvalue weighted by Crippen LogP contribution is -2.30. The number of fused-ring (bicyclic) bond motifs is 1. The summed E-state index contributed by atoms with van der Waals surface area (Å²) in [6.45, 7) is 7.92. The highest BCUT2D eigenvalue weighted by Gasteiger charge is 2.20. The van der Waals surface area contributed by atoms with E-state index in [2.05, 4.69) is 44.3 Å². The summed E-state index contributed by atoms with van der Waals surface area (Å²) in [7, 11) is 0. The maximum atomic E-state index is 3.56. The van der Waals surface area contributed by atoms with Gasteiger partial charge in [0.25, 0.3) is 0 Å². The van der Waals surface area contributed by atoms with Gasteiger partial charge in [-0.05, 0) is 36.0 Å². The van der Waals surface area contributed by atoms with Gasteiger partial charge in [0, 0.05) is 12.6 Å². The Morgan fingerprint density at radius 1 is 1.27 bits per heavy atom. The summed E-state index contributed by atoms with van der Waals surface area (Å²) in [5, 5.41) is 3.56. The van der Waals surface area contributed by atoms with Crippen LogP contribution in [0.3, 0.4) is 0 Å². The van der Waals surface area contributed by atoms with E-state index in [1.807, 2.05) is 0 Å². The van der Waals surface area contributed by atoms with E-state index in [0.29, 0.717) is 12.0 Å². The minimum absolute atomic E-state index is 0.521. The molecule has 1 nitrogen and oxygen atoms in total. The van der Waals surface area contributed by atoms with Crippen LogP contribution in [0.15, 0.2) is 18.2 Å². The Bertz CT molecular complexity index is 343. The maximum absolute atomic E-state index is 3.56. The van der Waals surface area contributed by atoms with E-state index in [1.165, 1.54) is 24.0 Å². The van der Waals surface area contributed by atoms with Crippen molar-refractivity contribution in [3.8, 4) is 0 Å². The van der Waals surface area contributed by atoms with E-state index in [9.17, 15) is 0 Å². The molecule has 1 aliphatic heterocycles. The molecule has 0 saturated heterocycles. The van der Waals surface area contributed by atoms with Crippen molar-refractivity contribution < 1.29 is 0 Å². The van der Waals surface area contributed by atoms with Crippen molar-refractivity contribution in [1.82, 2.24) is 5.32 Å². The van der Waals surface area contributed by atoms with Crippen molar-refractivity contribution in [2.24, 2.45) is 0 Å². The molecule has 0 amide bonds. The van der Waals surface area contributed by atoms with Crippen LogP contribution in [0.25, 0.3) is 0 Å². The standard InChI is InChI=1S/C14H21N/c1-4-5-12-6-7-13-10(2)9-15-11(3)14(13)8-12/h6-8,10-11,15H,4-5,9H2,1-3H3. The van der Waals surface area contributed by atoms with Crippen molar-refractivity contribution in [2.75, 3.05) is 6.54 Å². The maximum Gasteiger partial charge on any atom is 0.0294 e. The molecule has 0 spiro atoms. The lowest BCUT2D eigenvalue weighted by molar-refractivity contribution is 0.494. The second-order valence-electron chi connectivity index (χ2n) is 4.74. The predicted molar refractivity (Wildman–Crippen MR) is 65.3 cm³/mol.